The molecule has 0 aliphatic rings. The Hall–Kier alpha value is -1.40. The number of ether oxygens (including phenoxy) is 1. The van der Waals surface area contributed by atoms with Gasteiger partial charge in [-0.1, -0.05) is 19.0 Å². The van der Waals surface area contributed by atoms with Crippen LogP contribution in [-0.4, -0.2) is 42.5 Å². The molecule has 0 radical (unpaired) electrons. The molecule has 1 aromatic heterocycles. The lowest BCUT2D eigenvalue weighted by atomic mass is 10.0. The number of aliphatic hydroxyl groups excluding tert-OH is 1. The second-order valence-electron chi connectivity index (χ2n) is 4.80. The van der Waals surface area contributed by atoms with Gasteiger partial charge in [0.05, 0.1) is 18.3 Å². The summed E-state index contributed by atoms with van der Waals surface area (Å²) in [5.41, 5.74) is 1.05. The molecule has 0 bridgehead atoms. The van der Waals surface area contributed by atoms with Crippen molar-refractivity contribution in [3.63, 3.8) is 0 Å². The Morgan fingerprint density at radius 1 is 1.53 bits per heavy atom. The van der Waals surface area contributed by atoms with Crippen LogP contribution in [0.4, 0.5) is 0 Å². The lowest BCUT2D eigenvalue weighted by molar-refractivity contribution is 0.0875. The van der Waals surface area contributed by atoms with E-state index in [1.54, 1.807) is 14.0 Å². The van der Waals surface area contributed by atoms with Crippen molar-refractivity contribution in [2.45, 2.75) is 39.2 Å². The molecule has 1 heterocycles. The molecule has 0 aromatic carbocycles. The van der Waals surface area contributed by atoms with E-state index in [2.05, 4.69) is 10.5 Å². The maximum absolute atomic E-state index is 12.3. The maximum Gasteiger partial charge on any atom is 0.257 e. The summed E-state index contributed by atoms with van der Waals surface area (Å²) in [4.78, 5) is 12.3. The van der Waals surface area contributed by atoms with Crippen LogP contribution in [0.5, 0.6) is 0 Å². The minimum absolute atomic E-state index is 0.00599. The predicted molar refractivity (Wildman–Crippen MR) is 70.2 cm³/mol. The number of carbonyl (C=O) groups excluding carboxylic acids is 1. The van der Waals surface area contributed by atoms with Crippen molar-refractivity contribution in [1.29, 1.82) is 0 Å². The Morgan fingerprint density at radius 2 is 2.21 bits per heavy atom. The number of hydrogen-bond donors (Lipinski definition) is 2. The Bertz CT molecular complexity index is 409. The van der Waals surface area contributed by atoms with Crippen LogP contribution in [0, 0.1) is 6.92 Å². The SMILES string of the molecule is COCC(CCO)NC(=O)c1c(C)noc1C(C)C. The van der Waals surface area contributed by atoms with E-state index in [4.69, 9.17) is 14.4 Å². The van der Waals surface area contributed by atoms with Crippen LogP contribution < -0.4 is 5.32 Å². The number of methoxy groups -OCH3 is 1. The minimum Gasteiger partial charge on any atom is -0.396 e. The molecule has 0 aliphatic carbocycles. The smallest absolute Gasteiger partial charge is 0.257 e. The second kappa shape index (κ2) is 7.25. The third-order valence-electron chi connectivity index (χ3n) is 2.82. The van der Waals surface area contributed by atoms with Crippen LogP contribution in [0.15, 0.2) is 4.52 Å². The molecule has 0 spiro atoms. The van der Waals surface area contributed by atoms with E-state index in [1.165, 1.54) is 0 Å². The number of nitrogens with zero attached hydrogens (tertiary/aromatic N) is 1. The van der Waals surface area contributed by atoms with Gasteiger partial charge in [-0.2, -0.15) is 0 Å². The zero-order valence-corrected chi connectivity index (χ0v) is 11.9. The Balaban J connectivity index is 2.84. The van der Waals surface area contributed by atoms with Gasteiger partial charge in [0.2, 0.25) is 0 Å². The number of rotatable bonds is 7. The van der Waals surface area contributed by atoms with Gasteiger partial charge in [-0.3, -0.25) is 4.79 Å². The van der Waals surface area contributed by atoms with Crippen molar-refractivity contribution >= 4 is 5.91 Å². The quantitative estimate of drug-likeness (QED) is 0.778. The zero-order chi connectivity index (χ0) is 14.4. The summed E-state index contributed by atoms with van der Waals surface area (Å²) in [5, 5.41) is 15.6. The van der Waals surface area contributed by atoms with E-state index in [1.807, 2.05) is 13.8 Å². The number of nitrogens with one attached hydrogen (secondary N) is 1. The molecule has 0 aliphatic heterocycles. The highest BCUT2D eigenvalue weighted by Crippen LogP contribution is 2.22. The second-order valence-corrected chi connectivity index (χ2v) is 4.80. The first-order chi connectivity index (χ1) is 9.01. The van der Waals surface area contributed by atoms with Crippen LogP contribution >= 0.6 is 0 Å². The van der Waals surface area contributed by atoms with Crippen molar-refractivity contribution in [3.05, 3.63) is 17.0 Å². The van der Waals surface area contributed by atoms with Gasteiger partial charge in [0, 0.05) is 19.6 Å². The van der Waals surface area contributed by atoms with Gasteiger partial charge in [0.1, 0.15) is 5.56 Å². The molecule has 1 atom stereocenters. The largest absolute Gasteiger partial charge is 0.396 e. The summed E-state index contributed by atoms with van der Waals surface area (Å²) in [6.07, 6.45) is 0.445. The topological polar surface area (TPSA) is 84.6 Å². The molecule has 0 saturated heterocycles. The molecule has 0 saturated carbocycles. The van der Waals surface area contributed by atoms with E-state index in [9.17, 15) is 4.79 Å². The van der Waals surface area contributed by atoms with Gasteiger partial charge in [-0.25, -0.2) is 0 Å². The summed E-state index contributed by atoms with van der Waals surface area (Å²) < 4.78 is 10.2. The predicted octanol–water partition coefficient (Wildman–Crippen LogP) is 1.23. The lowest BCUT2D eigenvalue weighted by Gasteiger charge is -2.17. The Kier molecular flexibility index (Phi) is 5.98. The molecule has 2 N–H and O–H groups in total. The monoisotopic (exact) mass is 270 g/mol. The Morgan fingerprint density at radius 3 is 2.74 bits per heavy atom. The molecular formula is C13H22N2O4. The molecule has 108 valence electrons. The first-order valence-corrected chi connectivity index (χ1v) is 6.38. The fourth-order valence-corrected chi connectivity index (χ4v) is 1.87. The highest BCUT2D eigenvalue weighted by atomic mass is 16.5. The average molecular weight is 270 g/mol. The molecule has 19 heavy (non-hydrogen) atoms. The first-order valence-electron chi connectivity index (χ1n) is 6.38. The van der Waals surface area contributed by atoms with E-state index in [-0.39, 0.29) is 24.5 Å². The van der Waals surface area contributed by atoms with Crippen LogP contribution in [0.3, 0.4) is 0 Å². The van der Waals surface area contributed by atoms with Gasteiger partial charge >= 0.3 is 0 Å². The third kappa shape index (κ3) is 4.04. The van der Waals surface area contributed by atoms with Crippen molar-refractivity contribution in [1.82, 2.24) is 10.5 Å². The molecule has 0 fully saturated rings. The molecule has 1 aromatic rings. The number of aryl methyl sites for hydroxylation is 1. The average Bonchev–Trinajstić information content (AvgIpc) is 2.72. The van der Waals surface area contributed by atoms with E-state index >= 15 is 0 Å². The minimum atomic E-state index is -0.238. The normalized spacial score (nSPS) is 12.7. The standard InChI is InChI=1S/C13H22N2O4/c1-8(2)12-11(9(3)15-19-12)13(17)14-10(5-6-16)7-18-4/h8,10,16H,5-7H2,1-4H3,(H,14,17). The number of aliphatic hydroxyl groups is 1. The highest BCUT2D eigenvalue weighted by molar-refractivity contribution is 5.96. The summed E-state index contributed by atoms with van der Waals surface area (Å²) in [6.45, 7) is 5.97. The zero-order valence-electron chi connectivity index (χ0n) is 11.9. The van der Waals surface area contributed by atoms with Crippen LogP contribution in [0.25, 0.3) is 0 Å². The Labute approximate surface area is 113 Å². The molecule has 1 rings (SSSR count). The molecular weight excluding hydrogens is 248 g/mol. The number of hydrogen-bond acceptors (Lipinski definition) is 5. The number of carbonyl (C=O) groups is 1. The van der Waals surface area contributed by atoms with Gasteiger partial charge in [-0.15, -0.1) is 0 Å². The summed E-state index contributed by atoms with van der Waals surface area (Å²) in [7, 11) is 1.56. The summed E-state index contributed by atoms with van der Waals surface area (Å²) >= 11 is 0. The molecule has 6 nitrogen and oxygen atoms in total. The molecule has 6 heteroatoms. The molecule has 1 unspecified atom stereocenters. The van der Waals surface area contributed by atoms with Crippen LogP contribution in [0.2, 0.25) is 0 Å². The van der Waals surface area contributed by atoms with Crippen LogP contribution in [0.1, 0.15) is 48.0 Å². The van der Waals surface area contributed by atoms with Crippen molar-refractivity contribution in [2.24, 2.45) is 0 Å². The van der Waals surface area contributed by atoms with E-state index in [0.29, 0.717) is 30.0 Å². The lowest BCUT2D eigenvalue weighted by Crippen LogP contribution is -2.39. The third-order valence-corrected chi connectivity index (χ3v) is 2.82. The number of amides is 1. The van der Waals surface area contributed by atoms with Crippen molar-refractivity contribution in [2.75, 3.05) is 20.3 Å². The van der Waals surface area contributed by atoms with Gasteiger partial charge < -0.3 is 19.7 Å². The molecule has 1 amide bonds. The van der Waals surface area contributed by atoms with Gasteiger partial charge in [-0.05, 0) is 13.3 Å². The fourth-order valence-electron chi connectivity index (χ4n) is 1.87. The van der Waals surface area contributed by atoms with E-state index < -0.39 is 0 Å². The fraction of sp³-hybridized carbons (Fsp3) is 0.692. The van der Waals surface area contributed by atoms with E-state index in [0.717, 1.165) is 0 Å². The van der Waals surface area contributed by atoms with Crippen molar-refractivity contribution in [3.8, 4) is 0 Å². The van der Waals surface area contributed by atoms with Gasteiger partial charge in [0.15, 0.2) is 5.76 Å². The van der Waals surface area contributed by atoms with Crippen molar-refractivity contribution < 1.29 is 19.2 Å². The first kappa shape index (κ1) is 15.7. The summed E-state index contributed by atoms with van der Waals surface area (Å²) in [6, 6.07) is -0.225. The summed E-state index contributed by atoms with van der Waals surface area (Å²) in [5.74, 6) is 0.425. The van der Waals surface area contributed by atoms with Crippen LogP contribution in [-0.2, 0) is 4.74 Å². The van der Waals surface area contributed by atoms with Gasteiger partial charge in [0.25, 0.3) is 5.91 Å². The number of aromatic nitrogens is 1. The highest BCUT2D eigenvalue weighted by Gasteiger charge is 2.24. The maximum atomic E-state index is 12.3.